The van der Waals surface area contributed by atoms with Gasteiger partial charge in [0, 0.05) is 0 Å². The fourth-order valence-corrected chi connectivity index (χ4v) is 1.34. The quantitative estimate of drug-likeness (QED) is 0.179. The Hall–Kier alpha value is -0.640. The molecule has 0 saturated heterocycles. The highest BCUT2D eigenvalue weighted by atomic mass is 79.9. The molecule has 0 rings (SSSR count). The summed E-state index contributed by atoms with van der Waals surface area (Å²) in [5.41, 5.74) is 0.169. The molecule has 3 nitrogen and oxygen atoms in total. The van der Waals surface area contributed by atoms with E-state index < -0.39 is 5.97 Å². The number of carbonyl (C=O) groups excluding carboxylic acids is 2. The number of Topliss-reactive ketones (excluding diaryl/α,β-unsaturated/α-hetero) is 1. The minimum atomic E-state index is -0.516. The third kappa shape index (κ3) is 5.72. The number of hydrogen-bond donors (Lipinski definition) is 0. The summed E-state index contributed by atoms with van der Waals surface area (Å²) in [4.78, 5) is 22.8. The Labute approximate surface area is 99.0 Å². The summed E-state index contributed by atoms with van der Waals surface area (Å²) in [6.45, 7) is 4.07. The molecule has 0 aromatic rings. The van der Waals surface area contributed by atoms with Crippen LogP contribution in [0.3, 0.4) is 0 Å². The zero-order valence-corrected chi connectivity index (χ0v) is 10.8. The molecule has 0 N–H and O–H groups in total. The van der Waals surface area contributed by atoms with Crippen molar-refractivity contribution < 1.29 is 14.3 Å². The highest BCUT2D eigenvalue weighted by molar-refractivity contribution is 9.09. The lowest BCUT2D eigenvalue weighted by Crippen LogP contribution is -2.16. The molecule has 0 unspecified atom stereocenters. The fourth-order valence-electron chi connectivity index (χ4n) is 1.04. The molecule has 15 heavy (non-hydrogen) atoms. The standard InChI is InChI=1S/C11H17BrO3/c1-3-5-6-7-9(10(13)8-12)11(14)15-4-2/h7H,3-6,8H2,1-2H3/b9-7+. The summed E-state index contributed by atoms with van der Waals surface area (Å²) in [5.74, 6) is -0.734. The Morgan fingerprint density at radius 2 is 2.00 bits per heavy atom. The van der Waals surface area contributed by atoms with Gasteiger partial charge in [-0.3, -0.25) is 4.79 Å². The highest BCUT2D eigenvalue weighted by Gasteiger charge is 2.17. The van der Waals surface area contributed by atoms with Gasteiger partial charge in [-0.2, -0.15) is 0 Å². The average molecular weight is 277 g/mol. The van der Waals surface area contributed by atoms with Crippen molar-refractivity contribution in [3.05, 3.63) is 11.6 Å². The van der Waals surface area contributed by atoms with Gasteiger partial charge < -0.3 is 4.74 Å². The van der Waals surface area contributed by atoms with Crippen LogP contribution in [0, 0.1) is 0 Å². The summed E-state index contributed by atoms with van der Waals surface area (Å²) >= 11 is 3.05. The van der Waals surface area contributed by atoms with Gasteiger partial charge in [-0.15, -0.1) is 0 Å². The van der Waals surface area contributed by atoms with E-state index in [4.69, 9.17) is 4.74 Å². The molecule has 0 amide bonds. The number of allylic oxidation sites excluding steroid dienone is 1. The van der Waals surface area contributed by atoms with E-state index in [1.54, 1.807) is 13.0 Å². The first kappa shape index (κ1) is 14.4. The van der Waals surface area contributed by atoms with Crippen LogP contribution in [0.25, 0.3) is 0 Å². The van der Waals surface area contributed by atoms with Crippen LogP contribution in [0.4, 0.5) is 0 Å². The van der Waals surface area contributed by atoms with Crippen LogP contribution in [-0.2, 0) is 14.3 Å². The SMILES string of the molecule is CCCC/C=C(\C(=O)CBr)C(=O)OCC. The van der Waals surface area contributed by atoms with Crippen molar-refractivity contribution in [3.8, 4) is 0 Å². The summed E-state index contributed by atoms with van der Waals surface area (Å²) in [6.07, 6.45) is 4.42. The second-order valence-corrected chi connectivity index (χ2v) is 3.60. The minimum absolute atomic E-state index is 0.157. The first-order chi connectivity index (χ1) is 7.17. The highest BCUT2D eigenvalue weighted by Crippen LogP contribution is 2.07. The van der Waals surface area contributed by atoms with Crippen LogP contribution in [0.5, 0.6) is 0 Å². The summed E-state index contributed by atoms with van der Waals surface area (Å²) < 4.78 is 4.81. The van der Waals surface area contributed by atoms with E-state index in [2.05, 4.69) is 22.9 Å². The summed E-state index contributed by atoms with van der Waals surface area (Å²) in [5, 5.41) is 0.157. The van der Waals surface area contributed by atoms with Crippen molar-refractivity contribution in [1.29, 1.82) is 0 Å². The number of ether oxygens (including phenoxy) is 1. The van der Waals surface area contributed by atoms with Gasteiger partial charge in [0.2, 0.25) is 0 Å². The normalized spacial score (nSPS) is 11.3. The minimum Gasteiger partial charge on any atom is -0.462 e. The molecule has 0 aromatic heterocycles. The van der Waals surface area contributed by atoms with E-state index in [1.165, 1.54) is 0 Å². The van der Waals surface area contributed by atoms with E-state index in [0.29, 0.717) is 6.61 Å². The third-order valence-electron chi connectivity index (χ3n) is 1.82. The van der Waals surface area contributed by atoms with Gasteiger partial charge in [0.15, 0.2) is 5.78 Å². The van der Waals surface area contributed by atoms with Crippen molar-refractivity contribution >= 4 is 27.7 Å². The monoisotopic (exact) mass is 276 g/mol. The zero-order valence-electron chi connectivity index (χ0n) is 9.22. The van der Waals surface area contributed by atoms with E-state index in [0.717, 1.165) is 19.3 Å². The smallest absolute Gasteiger partial charge is 0.341 e. The van der Waals surface area contributed by atoms with Gasteiger partial charge in [-0.05, 0) is 13.3 Å². The van der Waals surface area contributed by atoms with E-state index >= 15 is 0 Å². The van der Waals surface area contributed by atoms with Crippen molar-refractivity contribution in [2.75, 3.05) is 11.9 Å². The molecule has 0 atom stereocenters. The lowest BCUT2D eigenvalue weighted by atomic mass is 10.1. The lowest BCUT2D eigenvalue weighted by Gasteiger charge is -2.04. The lowest BCUT2D eigenvalue weighted by molar-refractivity contribution is -0.139. The van der Waals surface area contributed by atoms with E-state index in [9.17, 15) is 9.59 Å². The van der Waals surface area contributed by atoms with Gasteiger partial charge in [0.25, 0.3) is 0 Å². The Morgan fingerprint density at radius 3 is 2.47 bits per heavy atom. The topological polar surface area (TPSA) is 43.4 Å². The van der Waals surface area contributed by atoms with Crippen LogP contribution in [0.2, 0.25) is 0 Å². The van der Waals surface area contributed by atoms with Crippen LogP contribution in [0.15, 0.2) is 11.6 Å². The number of carbonyl (C=O) groups is 2. The molecule has 0 radical (unpaired) electrons. The molecule has 0 aliphatic carbocycles. The average Bonchev–Trinajstić information content (AvgIpc) is 2.23. The van der Waals surface area contributed by atoms with Crippen molar-refractivity contribution in [1.82, 2.24) is 0 Å². The molecule has 0 aromatic carbocycles. The summed E-state index contributed by atoms with van der Waals surface area (Å²) in [7, 11) is 0. The molecule has 0 aliphatic heterocycles. The molecular formula is C11H17BrO3. The molecule has 0 spiro atoms. The molecule has 0 fully saturated rings. The largest absolute Gasteiger partial charge is 0.462 e. The number of unbranched alkanes of at least 4 members (excludes halogenated alkanes) is 2. The van der Waals surface area contributed by atoms with Crippen LogP contribution in [0.1, 0.15) is 33.1 Å². The molecule has 0 saturated carbocycles. The molecule has 4 heteroatoms. The Kier molecular flexibility index (Phi) is 8.28. The van der Waals surface area contributed by atoms with Gasteiger partial charge in [-0.1, -0.05) is 41.8 Å². The molecule has 0 aliphatic rings. The molecule has 86 valence electrons. The number of ketones is 1. The number of hydrogen-bond acceptors (Lipinski definition) is 3. The Morgan fingerprint density at radius 1 is 1.33 bits per heavy atom. The summed E-state index contributed by atoms with van der Waals surface area (Å²) in [6, 6.07) is 0. The van der Waals surface area contributed by atoms with Crippen molar-refractivity contribution in [2.24, 2.45) is 0 Å². The van der Waals surface area contributed by atoms with E-state index in [1.807, 2.05) is 0 Å². The predicted octanol–water partition coefficient (Wildman–Crippen LogP) is 2.63. The van der Waals surface area contributed by atoms with Crippen LogP contribution in [-0.4, -0.2) is 23.7 Å². The number of rotatable bonds is 7. The fraction of sp³-hybridized carbons (Fsp3) is 0.636. The van der Waals surface area contributed by atoms with Gasteiger partial charge in [0.1, 0.15) is 0 Å². The van der Waals surface area contributed by atoms with Crippen LogP contribution >= 0.6 is 15.9 Å². The molecular weight excluding hydrogens is 260 g/mol. The second kappa shape index (κ2) is 8.65. The first-order valence-corrected chi connectivity index (χ1v) is 6.25. The van der Waals surface area contributed by atoms with Crippen molar-refractivity contribution in [2.45, 2.75) is 33.1 Å². The molecule has 0 bridgehead atoms. The number of esters is 1. The first-order valence-electron chi connectivity index (χ1n) is 5.13. The molecule has 0 heterocycles. The van der Waals surface area contributed by atoms with Gasteiger partial charge in [-0.25, -0.2) is 4.79 Å². The number of alkyl halides is 1. The van der Waals surface area contributed by atoms with Crippen molar-refractivity contribution in [3.63, 3.8) is 0 Å². The van der Waals surface area contributed by atoms with Gasteiger partial charge >= 0.3 is 5.97 Å². The third-order valence-corrected chi connectivity index (χ3v) is 2.33. The number of halogens is 1. The van der Waals surface area contributed by atoms with Gasteiger partial charge in [0.05, 0.1) is 17.5 Å². The maximum atomic E-state index is 11.4. The maximum Gasteiger partial charge on any atom is 0.341 e. The second-order valence-electron chi connectivity index (χ2n) is 3.04. The Bertz CT molecular complexity index is 246. The Balaban J connectivity index is 4.49. The van der Waals surface area contributed by atoms with Crippen LogP contribution < -0.4 is 0 Å². The predicted molar refractivity (Wildman–Crippen MR) is 63.0 cm³/mol. The zero-order chi connectivity index (χ0) is 11.7. The van der Waals surface area contributed by atoms with E-state index in [-0.39, 0.29) is 16.7 Å². The maximum absolute atomic E-state index is 11.4.